The van der Waals surface area contributed by atoms with Crippen molar-refractivity contribution >= 4 is 5.69 Å². The van der Waals surface area contributed by atoms with Crippen molar-refractivity contribution < 1.29 is 14.4 Å². The van der Waals surface area contributed by atoms with E-state index in [0.717, 1.165) is 0 Å². The maximum atomic E-state index is 11.1. The Morgan fingerprint density at radius 3 is 2.24 bits per heavy atom. The highest BCUT2D eigenvalue weighted by Gasteiger charge is 2.25. The Kier molecular flexibility index (Phi) is 3.96. The number of hydrogen-bond donors (Lipinski definition) is 0. The lowest BCUT2D eigenvalue weighted by atomic mass is 10.2. The second kappa shape index (κ2) is 5.69. The van der Waals surface area contributed by atoms with Crippen LogP contribution < -0.4 is 9.47 Å². The van der Waals surface area contributed by atoms with E-state index in [2.05, 4.69) is 20.1 Å². The number of rotatable bonds is 5. The van der Waals surface area contributed by atoms with Crippen LogP contribution in [0.25, 0.3) is 0 Å². The average Bonchev–Trinajstić information content (AvgIpc) is 2.73. The predicted molar refractivity (Wildman–Crippen MR) is 70.3 cm³/mol. The summed E-state index contributed by atoms with van der Waals surface area (Å²) in [5.74, 6) is 0.278. The first-order valence-corrected chi connectivity index (χ1v) is 5.96. The fraction of sp³-hybridized carbons (Fsp3) is 0.455. The van der Waals surface area contributed by atoms with Crippen LogP contribution in [0.15, 0.2) is 0 Å². The van der Waals surface area contributed by atoms with Gasteiger partial charge in [0.05, 0.1) is 25.6 Å². The molecule has 10 heteroatoms. The van der Waals surface area contributed by atoms with Gasteiger partial charge in [-0.1, -0.05) is 0 Å². The summed E-state index contributed by atoms with van der Waals surface area (Å²) in [6.07, 6.45) is 0.0766. The Balaban J connectivity index is 2.43. The monoisotopic (exact) mass is 294 g/mol. The first-order valence-electron chi connectivity index (χ1n) is 5.96. The molecule has 2 aromatic rings. The van der Waals surface area contributed by atoms with Gasteiger partial charge in [0.15, 0.2) is 0 Å². The van der Waals surface area contributed by atoms with Crippen molar-refractivity contribution in [2.75, 3.05) is 14.2 Å². The Morgan fingerprint density at radius 1 is 1.19 bits per heavy atom. The highest BCUT2D eigenvalue weighted by molar-refractivity contribution is 5.41. The molecule has 2 rings (SSSR count). The summed E-state index contributed by atoms with van der Waals surface area (Å²) in [4.78, 5) is 22.6. The van der Waals surface area contributed by atoms with Crippen LogP contribution in [0.1, 0.15) is 17.2 Å². The zero-order chi connectivity index (χ0) is 15.6. The van der Waals surface area contributed by atoms with Crippen molar-refractivity contribution in [1.29, 1.82) is 0 Å². The molecule has 0 bridgehead atoms. The number of aryl methyl sites for hydroxylation is 1. The molecule has 10 nitrogen and oxygen atoms in total. The van der Waals surface area contributed by atoms with Crippen LogP contribution in [0.4, 0.5) is 5.69 Å². The number of nitro groups is 1. The maximum absolute atomic E-state index is 11.1. The average molecular weight is 294 g/mol. The van der Waals surface area contributed by atoms with Gasteiger partial charge in [0.2, 0.25) is 0 Å². The molecule has 0 atom stereocenters. The molecule has 0 unspecified atom stereocenters. The fourth-order valence-electron chi connectivity index (χ4n) is 1.81. The normalized spacial score (nSPS) is 10.5. The van der Waals surface area contributed by atoms with Gasteiger partial charge in [0, 0.05) is 7.05 Å². The standard InChI is InChI=1S/C11H14N6O4/c1-6-9(17(18)19)7(15-16(6)2)5-8-12-10(20-3)14-11(13-8)21-4/h5H2,1-4H3. The lowest BCUT2D eigenvalue weighted by Gasteiger charge is -2.03. The minimum absolute atomic E-state index is 0.0455. The van der Waals surface area contributed by atoms with Gasteiger partial charge in [-0.15, -0.1) is 4.98 Å². The molecule has 0 saturated heterocycles. The third-order valence-electron chi connectivity index (χ3n) is 2.89. The van der Waals surface area contributed by atoms with Crippen LogP contribution in [-0.2, 0) is 13.5 Å². The van der Waals surface area contributed by atoms with Crippen molar-refractivity contribution in [2.24, 2.45) is 7.05 Å². The van der Waals surface area contributed by atoms with Gasteiger partial charge in [-0.05, 0) is 6.92 Å². The van der Waals surface area contributed by atoms with E-state index >= 15 is 0 Å². The van der Waals surface area contributed by atoms with Gasteiger partial charge in [-0.25, -0.2) is 0 Å². The molecule has 2 heterocycles. The molecule has 112 valence electrons. The van der Waals surface area contributed by atoms with Crippen molar-refractivity contribution in [1.82, 2.24) is 24.7 Å². The minimum Gasteiger partial charge on any atom is -0.467 e. The van der Waals surface area contributed by atoms with Crippen LogP contribution in [0.5, 0.6) is 12.0 Å². The quantitative estimate of drug-likeness (QED) is 0.575. The summed E-state index contributed by atoms with van der Waals surface area (Å²) >= 11 is 0. The lowest BCUT2D eigenvalue weighted by Crippen LogP contribution is -2.05. The molecule has 0 radical (unpaired) electrons. The Hall–Kier alpha value is -2.78. The molecular formula is C11H14N6O4. The van der Waals surface area contributed by atoms with Crippen LogP contribution in [0.2, 0.25) is 0 Å². The molecule has 2 aromatic heterocycles. The van der Waals surface area contributed by atoms with Crippen LogP contribution in [-0.4, -0.2) is 43.9 Å². The second-order valence-electron chi connectivity index (χ2n) is 4.16. The number of methoxy groups -OCH3 is 2. The Bertz CT molecular complexity index is 661. The van der Waals surface area contributed by atoms with E-state index in [4.69, 9.17) is 9.47 Å². The van der Waals surface area contributed by atoms with Crippen molar-refractivity contribution in [3.8, 4) is 12.0 Å². The fourth-order valence-corrected chi connectivity index (χ4v) is 1.81. The molecule has 0 aromatic carbocycles. The highest BCUT2D eigenvalue weighted by atomic mass is 16.6. The molecule has 0 aliphatic rings. The smallest absolute Gasteiger partial charge is 0.322 e. The van der Waals surface area contributed by atoms with E-state index in [1.54, 1.807) is 14.0 Å². The van der Waals surface area contributed by atoms with Gasteiger partial charge in [0.25, 0.3) is 0 Å². The van der Waals surface area contributed by atoms with Crippen molar-refractivity contribution in [3.63, 3.8) is 0 Å². The van der Waals surface area contributed by atoms with E-state index in [-0.39, 0.29) is 35.6 Å². The molecule has 0 aliphatic carbocycles. The molecular weight excluding hydrogens is 280 g/mol. The number of aromatic nitrogens is 5. The van der Waals surface area contributed by atoms with E-state index in [9.17, 15) is 10.1 Å². The Labute approximate surface area is 119 Å². The van der Waals surface area contributed by atoms with Gasteiger partial charge in [-0.2, -0.15) is 15.1 Å². The summed E-state index contributed by atoms with van der Waals surface area (Å²) in [5.41, 5.74) is 0.689. The summed E-state index contributed by atoms with van der Waals surface area (Å²) in [5, 5.41) is 15.3. The van der Waals surface area contributed by atoms with Crippen molar-refractivity contribution in [3.05, 3.63) is 27.3 Å². The van der Waals surface area contributed by atoms with Gasteiger partial charge in [-0.3, -0.25) is 14.8 Å². The summed E-state index contributed by atoms with van der Waals surface area (Å²) < 4.78 is 11.3. The van der Waals surface area contributed by atoms with Gasteiger partial charge >= 0.3 is 17.7 Å². The van der Waals surface area contributed by atoms with Crippen LogP contribution >= 0.6 is 0 Å². The molecule has 0 fully saturated rings. The molecule has 0 N–H and O–H groups in total. The molecule has 0 saturated carbocycles. The number of nitrogens with zero attached hydrogens (tertiary/aromatic N) is 6. The SMILES string of the molecule is COc1nc(Cc2nn(C)c(C)c2[N+](=O)[O-])nc(OC)n1. The molecule has 21 heavy (non-hydrogen) atoms. The van der Waals surface area contributed by atoms with Crippen LogP contribution in [0.3, 0.4) is 0 Å². The molecule has 0 aliphatic heterocycles. The lowest BCUT2D eigenvalue weighted by molar-refractivity contribution is -0.386. The van der Waals surface area contributed by atoms with E-state index in [1.807, 2.05) is 0 Å². The third kappa shape index (κ3) is 2.88. The number of hydrogen-bond acceptors (Lipinski definition) is 8. The highest BCUT2D eigenvalue weighted by Crippen LogP contribution is 2.24. The summed E-state index contributed by atoms with van der Waals surface area (Å²) in [6, 6.07) is 0.152. The number of ether oxygens (including phenoxy) is 2. The molecule has 0 spiro atoms. The largest absolute Gasteiger partial charge is 0.467 e. The summed E-state index contributed by atoms with van der Waals surface area (Å²) in [6.45, 7) is 1.63. The topological polar surface area (TPSA) is 118 Å². The Morgan fingerprint density at radius 2 is 1.76 bits per heavy atom. The third-order valence-corrected chi connectivity index (χ3v) is 2.89. The van der Waals surface area contributed by atoms with E-state index in [1.165, 1.54) is 18.9 Å². The van der Waals surface area contributed by atoms with Gasteiger partial charge < -0.3 is 9.47 Å². The predicted octanol–water partition coefficient (Wildman–Crippen LogP) is 0.430. The molecule has 0 amide bonds. The van der Waals surface area contributed by atoms with Gasteiger partial charge in [0.1, 0.15) is 17.2 Å². The van der Waals surface area contributed by atoms with E-state index < -0.39 is 4.92 Å². The minimum atomic E-state index is -0.465. The van der Waals surface area contributed by atoms with Crippen molar-refractivity contribution in [2.45, 2.75) is 13.3 Å². The van der Waals surface area contributed by atoms with E-state index in [0.29, 0.717) is 5.69 Å². The zero-order valence-electron chi connectivity index (χ0n) is 12.0. The maximum Gasteiger partial charge on any atom is 0.322 e. The zero-order valence-corrected chi connectivity index (χ0v) is 12.0. The first kappa shape index (κ1) is 14.6. The summed E-state index contributed by atoms with van der Waals surface area (Å²) in [7, 11) is 4.46. The second-order valence-corrected chi connectivity index (χ2v) is 4.16. The van der Waals surface area contributed by atoms with Crippen LogP contribution in [0, 0.1) is 17.0 Å². The first-order chi connectivity index (χ1) is 9.96.